The zero-order chi connectivity index (χ0) is 13.9. The Kier molecular flexibility index (Phi) is 4.13. The lowest BCUT2D eigenvalue weighted by atomic mass is 9.85. The Balaban J connectivity index is 1.99. The van der Waals surface area contributed by atoms with Crippen molar-refractivity contribution in [2.24, 2.45) is 5.41 Å². The zero-order valence-electron chi connectivity index (χ0n) is 12.0. The molecule has 104 valence electrons. The summed E-state index contributed by atoms with van der Waals surface area (Å²) in [5, 5.41) is 0. The molecule has 0 unspecified atom stereocenters. The summed E-state index contributed by atoms with van der Waals surface area (Å²) >= 11 is 0. The predicted molar refractivity (Wildman–Crippen MR) is 78.8 cm³/mol. The van der Waals surface area contributed by atoms with E-state index in [0.717, 1.165) is 31.5 Å². The third-order valence-electron chi connectivity index (χ3n) is 4.09. The molecule has 1 heterocycles. The fraction of sp³-hybridized carbons (Fsp3) is 0.562. The standard InChI is InChI=1S/C16H24N2O/c1-16(2)8-5-10-18(11-9-16)15(19)12-13-6-3-4-7-14(13)17/h3-4,6-7H,5,8-12,17H2,1-2H3. The van der Waals surface area contributed by atoms with Crippen LogP contribution in [0.5, 0.6) is 0 Å². The first kappa shape index (κ1) is 13.9. The molecule has 0 bridgehead atoms. The summed E-state index contributed by atoms with van der Waals surface area (Å²) < 4.78 is 0. The number of carbonyl (C=O) groups is 1. The number of amides is 1. The second-order valence-corrected chi connectivity index (χ2v) is 6.27. The van der Waals surface area contributed by atoms with Gasteiger partial charge in [-0.3, -0.25) is 4.79 Å². The van der Waals surface area contributed by atoms with Gasteiger partial charge in [-0.1, -0.05) is 32.0 Å². The maximum atomic E-state index is 12.4. The van der Waals surface area contributed by atoms with Crippen molar-refractivity contribution in [1.29, 1.82) is 0 Å². The number of nitrogens with zero attached hydrogens (tertiary/aromatic N) is 1. The lowest BCUT2D eigenvalue weighted by Crippen LogP contribution is -2.33. The maximum absolute atomic E-state index is 12.4. The fourth-order valence-electron chi connectivity index (χ4n) is 2.64. The van der Waals surface area contributed by atoms with Crippen LogP contribution >= 0.6 is 0 Å². The van der Waals surface area contributed by atoms with Crippen LogP contribution in [0.25, 0.3) is 0 Å². The smallest absolute Gasteiger partial charge is 0.227 e. The fourth-order valence-corrected chi connectivity index (χ4v) is 2.64. The Hall–Kier alpha value is -1.51. The molecule has 1 aliphatic heterocycles. The Morgan fingerprint density at radius 2 is 2.00 bits per heavy atom. The molecule has 1 amide bonds. The predicted octanol–water partition coefficient (Wildman–Crippen LogP) is 2.85. The van der Waals surface area contributed by atoms with E-state index >= 15 is 0 Å². The van der Waals surface area contributed by atoms with Crippen LogP contribution in [0.3, 0.4) is 0 Å². The summed E-state index contributed by atoms with van der Waals surface area (Å²) in [6.45, 7) is 6.33. The molecule has 0 radical (unpaired) electrons. The third kappa shape index (κ3) is 3.72. The van der Waals surface area contributed by atoms with E-state index in [-0.39, 0.29) is 5.91 Å². The van der Waals surface area contributed by atoms with Gasteiger partial charge >= 0.3 is 0 Å². The lowest BCUT2D eigenvalue weighted by Gasteiger charge is -2.23. The van der Waals surface area contributed by atoms with Gasteiger partial charge in [-0.25, -0.2) is 0 Å². The molecule has 1 aromatic rings. The number of nitrogens with two attached hydrogens (primary N) is 1. The first-order valence-electron chi connectivity index (χ1n) is 7.09. The first-order chi connectivity index (χ1) is 8.98. The summed E-state index contributed by atoms with van der Waals surface area (Å²) in [6, 6.07) is 7.63. The second kappa shape index (κ2) is 5.64. The van der Waals surface area contributed by atoms with Crippen LogP contribution in [-0.4, -0.2) is 23.9 Å². The summed E-state index contributed by atoms with van der Waals surface area (Å²) in [5.41, 5.74) is 7.92. The number of carbonyl (C=O) groups excluding carboxylic acids is 1. The monoisotopic (exact) mass is 260 g/mol. The largest absolute Gasteiger partial charge is 0.398 e. The second-order valence-electron chi connectivity index (χ2n) is 6.27. The lowest BCUT2D eigenvalue weighted by molar-refractivity contribution is -0.130. The van der Waals surface area contributed by atoms with E-state index < -0.39 is 0 Å². The minimum Gasteiger partial charge on any atom is -0.398 e. The van der Waals surface area contributed by atoms with Gasteiger partial charge in [0.2, 0.25) is 5.91 Å². The quantitative estimate of drug-likeness (QED) is 0.831. The van der Waals surface area contributed by atoms with Crippen molar-refractivity contribution >= 4 is 11.6 Å². The topological polar surface area (TPSA) is 46.3 Å². The van der Waals surface area contributed by atoms with Gasteiger partial charge in [0.1, 0.15) is 0 Å². The highest BCUT2D eigenvalue weighted by Crippen LogP contribution is 2.30. The molecular formula is C16H24N2O. The summed E-state index contributed by atoms with van der Waals surface area (Å²) in [5.74, 6) is 0.204. The Bertz CT molecular complexity index is 454. The molecule has 2 rings (SSSR count). The Morgan fingerprint density at radius 3 is 2.74 bits per heavy atom. The van der Waals surface area contributed by atoms with Crippen LogP contribution in [0.15, 0.2) is 24.3 Å². The SMILES string of the molecule is CC1(C)CCCN(C(=O)Cc2ccccc2N)CC1. The van der Waals surface area contributed by atoms with Crippen molar-refractivity contribution in [2.75, 3.05) is 18.8 Å². The highest BCUT2D eigenvalue weighted by atomic mass is 16.2. The minimum atomic E-state index is 0.204. The molecule has 1 fully saturated rings. The van der Waals surface area contributed by atoms with Gasteiger partial charge < -0.3 is 10.6 Å². The van der Waals surface area contributed by atoms with Crippen LogP contribution in [0, 0.1) is 5.41 Å². The molecule has 1 aliphatic rings. The molecule has 3 heteroatoms. The van der Waals surface area contributed by atoms with Crippen molar-refractivity contribution in [3.8, 4) is 0 Å². The molecular weight excluding hydrogens is 236 g/mol. The van der Waals surface area contributed by atoms with Gasteiger partial charge in [0.05, 0.1) is 6.42 Å². The summed E-state index contributed by atoms with van der Waals surface area (Å²) in [6.07, 6.45) is 3.81. The van der Waals surface area contributed by atoms with Crippen LogP contribution in [0.4, 0.5) is 5.69 Å². The van der Waals surface area contributed by atoms with Gasteiger partial charge in [0, 0.05) is 18.8 Å². The number of anilines is 1. The van der Waals surface area contributed by atoms with Crippen molar-refractivity contribution in [2.45, 2.75) is 39.5 Å². The highest BCUT2D eigenvalue weighted by molar-refractivity contribution is 5.80. The molecule has 0 aromatic heterocycles. The van der Waals surface area contributed by atoms with Crippen molar-refractivity contribution < 1.29 is 4.79 Å². The number of rotatable bonds is 2. The van der Waals surface area contributed by atoms with E-state index in [0.29, 0.717) is 17.5 Å². The number of nitrogen functional groups attached to an aromatic ring is 1. The molecule has 2 N–H and O–H groups in total. The Morgan fingerprint density at radius 1 is 1.26 bits per heavy atom. The number of para-hydroxylation sites is 1. The number of hydrogen-bond acceptors (Lipinski definition) is 2. The first-order valence-corrected chi connectivity index (χ1v) is 7.09. The van der Waals surface area contributed by atoms with Crippen LogP contribution in [0.2, 0.25) is 0 Å². The average molecular weight is 260 g/mol. The minimum absolute atomic E-state index is 0.204. The molecule has 1 saturated heterocycles. The van der Waals surface area contributed by atoms with E-state index in [4.69, 9.17) is 5.73 Å². The van der Waals surface area contributed by atoms with Crippen molar-refractivity contribution in [1.82, 2.24) is 4.90 Å². The van der Waals surface area contributed by atoms with Gasteiger partial charge in [-0.15, -0.1) is 0 Å². The molecule has 0 aliphatic carbocycles. The third-order valence-corrected chi connectivity index (χ3v) is 4.09. The van der Waals surface area contributed by atoms with E-state index in [1.165, 1.54) is 6.42 Å². The summed E-state index contributed by atoms with van der Waals surface area (Å²) in [7, 11) is 0. The average Bonchev–Trinajstić information content (AvgIpc) is 2.53. The van der Waals surface area contributed by atoms with Gasteiger partial charge in [0.15, 0.2) is 0 Å². The van der Waals surface area contributed by atoms with Gasteiger partial charge in [0.25, 0.3) is 0 Å². The van der Waals surface area contributed by atoms with Crippen LogP contribution in [-0.2, 0) is 11.2 Å². The maximum Gasteiger partial charge on any atom is 0.227 e. The van der Waals surface area contributed by atoms with Crippen molar-refractivity contribution in [3.05, 3.63) is 29.8 Å². The summed E-state index contributed by atoms with van der Waals surface area (Å²) in [4.78, 5) is 14.4. The molecule has 0 saturated carbocycles. The number of likely N-dealkylation sites (tertiary alicyclic amines) is 1. The van der Waals surface area contributed by atoms with Crippen molar-refractivity contribution in [3.63, 3.8) is 0 Å². The molecule has 0 atom stereocenters. The molecule has 1 aromatic carbocycles. The molecule has 19 heavy (non-hydrogen) atoms. The molecule has 3 nitrogen and oxygen atoms in total. The highest BCUT2D eigenvalue weighted by Gasteiger charge is 2.25. The van der Waals surface area contributed by atoms with E-state index in [2.05, 4.69) is 13.8 Å². The van der Waals surface area contributed by atoms with E-state index in [9.17, 15) is 4.79 Å². The normalized spacial score (nSPS) is 18.9. The van der Waals surface area contributed by atoms with Crippen LogP contribution in [0.1, 0.15) is 38.7 Å². The van der Waals surface area contributed by atoms with E-state index in [1.807, 2.05) is 29.2 Å². The van der Waals surface area contributed by atoms with Gasteiger partial charge in [-0.2, -0.15) is 0 Å². The Labute approximate surface area is 115 Å². The zero-order valence-corrected chi connectivity index (χ0v) is 12.0. The number of hydrogen-bond donors (Lipinski definition) is 1. The molecule has 0 spiro atoms. The number of benzene rings is 1. The van der Waals surface area contributed by atoms with Gasteiger partial charge in [-0.05, 0) is 36.3 Å². The van der Waals surface area contributed by atoms with Crippen LogP contribution < -0.4 is 5.73 Å². The van der Waals surface area contributed by atoms with E-state index in [1.54, 1.807) is 0 Å².